The fraction of sp³-hybridized carbons (Fsp3) is 0.429. The second-order valence-electron chi connectivity index (χ2n) is 5.07. The van der Waals surface area contributed by atoms with Gasteiger partial charge in [-0.3, -0.25) is 9.79 Å². The van der Waals surface area contributed by atoms with Gasteiger partial charge in [0.25, 0.3) is 0 Å². The molecule has 1 atom stereocenters. The Balaban J connectivity index is 2.98. The second kappa shape index (κ2) is 5.62. The van der Waals surface area contributed by atoms with Crippen LogP contribution in [0.3, 0.4) is 0 Å². The molecule has 3 nitrogen and oxygen atoms in total. The molecule has 1 aromatic carbocycles. The summed E-state index contributed by atoms with van der Waals surface area (Å²) in [5.74, 6) is -0.0864. The van der Waals surface area contributed by atoms with E-state index in [1.165, 1.54) is 0 Å². The Kier molecular flexibility index (Phi) is 4.44. The second-order valence-corrected chi connectivity index (χ2v) is 5.07. The lowest BCUT2D eigenvalue weighted by Gasteiger charge is -2.15. The first-order valence-electron chi connectivity index (χ1n) is 5.75. The third kappa shape index (κ3) is 4.39. The molecule has 0 aliphatic carbocycles. The van der Waals surface area contributed by atoms with Gasteiger partial charge in [0.1, 0.15) is 0 Å². The number of benzene rings is 1. The molecule has 0 fully saturated rings. The van der Waals surface area contributed by atoms with Crippen LogP contribution in [0.15, 0.2) is 35.3 Å². The maximum atomic E-state index is 11.8. The molecule has 0 aliphatic heterocycles. The quantitative estimate of drug-likeness (QED) is 0.800. The Morgan fingerprint density at radius 2 is 1.88 bits per heavy atom. The van der Waals surface area contributed by atoms with Gasteiger partial charge in [0, 0.05) is 13.3 Å². The third-order valence-corrected chi connectivity index (χ3v) is 2.22. The van der Waals surface area contributed by atoms with Gasteiger partial charge in [0.05, 0.1) is 0 Å². The molecule has 0 heterocycles. The molecule has 1 amide bonds. The van der Waals surface area contributed by atoms with Gasteiger partial charge in [-0.05, 0) is 11.0 Å². The summed E-state index contributed by atoms with van der Waals surface area (Å²) >= 11 is 0. The number of carbonyl (C=O) groups is 1. The van der Waals surface area contributed by atoms with Crippen molar-refractivity contribution in [2.24, 2.45) is 10.4 Å². The van der Waals surface area contributed by atoms with Gasteiger partial charge in [-0.25, -0.2) is 0 Å². The molecular formula is C14H20N2O. The van der Waals surface area contributed by atoms with Crippen LogP contribution in [0.1, 0.15) is 32.4 Å². The predicted octanol–water partition coefficient (Wildman–Crippen LogP) is 2.59. The Morgan fingerprint density at radius 3 is 2.35 bits per heavy atom. The molecule has 1 unspecified atom stereocenters. The van der Waals surface area contributed by atoms with Gasteiger partial charge in [-0.15, -0.1) is 0 Å². The van der Waals surface area contributed by atoms with Crippen molar-refractivity contribution in [3.05, 3.63) is 35.9 Å². The van der Waals surface area contributed by atoms with E-state index in [9.17, 15) is 4.79 Å². The van der Waals surface area contributed by atoms with Crippen molar-refractivity contribution >= 4 is 12.1 Å². The summed E-state index contributed by atoms with van der Waals surface area (Å²) in [7, 11) is 1.63. The van der Waals surface area contributed by atoms with Crippen LogP contribution in [-0.2, 0) is 4.79 Å². The van der Waals surface area contributed by atoms with Crippen molar-refractivity contribution < 1.29 is 4.79 Å². The van der Waals surface area contributed by atoms with Crippen LogP contribution in [0.5, 0.6) is 0 Å². The van der Waals surface area contributed by atoms with Crippen LogP contribution in [0.25, 0.3) is 0 Å². The first-order valence-corrected chi connectivity index (χ1v) is 5.75. The summed E-state index contributed by atoms with van der Waals surface area (Å²) in [4.78, 5) is 16.2. The molecule has 1 aromatic rings. The van der Waals surface area contributed by atoms with Crippen LogP contribution >= 0.6 is 0 Å². The van der Waals surface area contributed by atoms with Crippen molar-refractivity contribution in [2.75, 3.05) is 7.05 Å². The van der Waals surface area contributed by atoms with E-state index in [-0.39, 0.29) is 11.3 Å². The van der Waals surface area contributed by atoms with Gasteiger partial charge in [0.2, 0.25) is 5.91 Å². The fourth-order valence-corrected chi connectivity index (χ4v) is 1.38. The standard InChI is InChI=1S/C14H20N2O/c1-14(2,3)10-16-12(13(17)15-4)11-8-6-5-7-9-11/h5-10,12H,1-4H3,(H,15,17). The Bertz CT molecular complexity index is 390. The minimum Gasteiger partial charge on any atom is -0.357 e. The van der Waals surface area contributed by atoms with E-state index in [0.717, 1.165) is 5.56 Å². The van der Waals surface area contributed by atoms with Crippen LogP contribution in [0, 0.1) is 5.41 Å². The molecule has 0 aromatic heterocycles. The molecule has 0 spiro atoms. The lowest BCUT2D eigenvalue weighted by molar-refractivity contribution is -0.121. The van der Waals surface area contributed by atoms with Gasteiger partial charge in [-0.1, -0.05) is 51.1 Å². The van der Waals surface area contributed by atoms with E-state index in [0.29, 0.717) is 0 Å². The largest absolute Gasteiger partial charge is 0.357 e. The Labute approximate surface area is 103 Å². The maximum Gasteiger partial charge on any atom is 0.249 e. The smallest absolute Gasteiger partial charge is 0.249 e. The molecule has 17 heavy (non-hydrogen) atoms. The highest BCUT2D eigenvalue weighted by Crippen LogP contribution is 2.19. The number of carbonyl (C=O) groups excluding carboxylic acids is 1. The Hall–Kier alpha value is -1.64. The predicted molar refractivity (Wildman–Crippen MR) is 71.2 cm³/mol. The van der Waals surface area contributed by atoms with Crippen molar-refractivity contribution in [3.8, 4) is 0 Å². The van der Waals surface area contributed by atoms with Gasteiger partial charge < -0.3 is 5.32 Å². The SMILES string of the molecule is CNC(=O)C(N=CC(C)(C)C)c1ccccc1. The van der Waals surface area contributed by atoms with Crippen LogP contribution in [0.2, 0.25) is 0 Å². The Morgan fingerprint density at radius 1 is 1.29 bits per heavy atom. The summed E-state index contributed by atoms with van der Waals surface area (Å²) < 4.78 is 0. The molecule has 0 saturated carbocycles. The normalized spacial score (nSPS) is 13.6. The summed E-state index contributed by atoms with van der Waals surface area (Å²) in [6, 6.07) is 9.13. The van der Waals surface area contributed by atoms with E-state index < -0.39 is 6.04 Å². The monoisotopic (exact) mass is 232 g/mol. The topological polar surface area (TPSA) is 41.5 Å². The van der Waals surface area contributed by atoms with E-state index in [1.54, 1.807) is 7.05 Å². The molecule has 1 N–H and O–H groups in total. The average molecular weight is 232 g/mol. The van der Waals surface area contributed by atoms with E-state index in [4.69, 9.17) is 0 Å². The molecule has 1 rings (SSSR count). The lowest BCUT2D eigenvalue weighted by Crippen LogP contribution is -2.25. The third-order valence-electron chi connectivity index (χ3n) is 2.22. The molecule has 3 heteroatoms. The zero-order valence-corrected chi connectivity index (χ0v) is 10.9. The van der Waals surface area contributed by atoms with Crippen molar-refractivity contribution in [3.63, 3.8) is 0 Å². The van der Waals surface area contributed by atoms with E-state index in [2.05, 4.69) is 31.1 Å². The number of nitrogens with one attached hydrogen (secondary N) is 1. The number of hydrogen-bond acceptors (Lipinski definition) is 2. The number of aliphatic imine (C=N–C) groups is 1. The minimum absolute atomic E-state index is 0.0267. The molecule has 0 bridgehead atoms. The summed E-state index contributed by atoms with van der Waals surface area (Å²) in [6.07, 6.45) is 1.83. The molecular weight excluding hydrogens is 212 g/mol. The first kappa shape index (κ1) is 13.4. The van der Waals surface area contributed by atoms with Gasteiger partial charge >= 0.3 is 0 Å². The highest BCUT2D eigenvalue weighted by molar-refractivity contribution is 5.84. The maximum absolute atomic E-state index is 11.8. The molecule has 0 aliphatic rings. The summed E-state index contributed by atoms with van der Waals surface area (Å²) in [6.45, 7) is 6.17. The zero-order chi connectivity index (χ0) is 12.9. The fourth-order valence-electron chi connectivity index (χ4n) is 1.38. The lowest BCUT2D eigenvalue weighted by atomic mass is 9.98. The number of hydrogen-bond donors (Lipinski definition) is 1. The summed E-state index contributed by atoms with van der Waals surface area (Å²) in [5.41, 5.74) is 0.883. The van der Waals surface area contributed by atoms with Gasteiger partial charge in [0.15, 0.2) is 6.04 Å². The van der Waals surface area contributed by atoms with Crippen LogP contribution in [0.4, 0.5) is 0 Å². The van der Waals surface area contributed by atoms with Crippen LogP contribution < -0.4 is 5.32 Å². The number of nitrogens with zero attached hydrogens (tertiary/aromatic N) is 1. The number of amides is 1. The van der Waals surface area contributed by atoms with E-state index in [1.807, 2.05) is 36.5 Å². The first-order chi connectivity index (χ1) is 7.94. The van der Waals surface area contributed by atoms with Crippen molar-refractivity contribution in [1.82, 2.24) is 5.32 Å². The molecule has 0 saturated heterocycles. The summed E-state index contributed by atoms with van der Waals surface area (Å²) in [5, 5.41) is 2.65. The number of likely N-dealkylation sites (N-methyl/N-ethyl adjacent to an activating group) is 1. The van der Waals surface area contributed by atoms with Crippen molar-refractivity contribution in [2.45, 2.75) is 26.8 Å². The zero-order valence-electron chi connectivity index (χ0n) is 10.9. The number of rotatable bonds is 3. The molecule has 92 valence electrons. The highest BCUT2D eigenvalue weighted by Gasteiger charge is 2.18. The van der Waals surface area contributed by atoms with E-state index >= 15 is 0 Å². The van der Waals surface area contributed by atoms with Crippen molar-refractivity contribution in [1.29, 1.82) is 0 Å². The average Bonchev–Trinajstić information content (AvgIpc) is 2.29. The molecule has 0 radical (unpaired) electrons. The van der Waals surface area contributed by atoms with Gasteiger partial charge in [-0.2, -0.15) is 0 Å². The van der Waals surface area contributed by atoms with Crippen LogP contribution in [-0.4, -0.2) is 19.2 Å². The minimum atomic E-state index is -0.458. The highest BCUT2D eigenvalue weighted by atomic mass is 16.2.